The SMILES string of the molecule is O=C(Nc1ccc(C=Cc2ccc([N+](=O)[O-])cc2)cc1)c1ccc(Cl)cc1. The lowest BCUT2D eigenvalue weighted by molar-refractivity contribution is -0.384. The quantitative estimate of drug-likeness (QED) is 0.353. The van der Waals surface area contributed by atoms with Gasteiger partial charge in [0.25, 0.3) is 11.6 Å². The van der Waals surface area contributed by atoms with Gasteiger partial charge in [0.2, 0.25) is 0 Å². The Bertz CT molecular complexity index is 979. The monoisotopic (exact) mass is 378 g/mol. The van der Waals surface area contributed by atoms with Crippen molar-refractivity contribution in [2.45, 2.75) is 0 Å². The van der Waals surface area contributed by atoms with Gasteiger partial charge in [-0.15, -0.1) is 0 Å². The van der Waals surface area contributed by atoms with Crippen LogP contribution in [0, 0.1) is 10.1 Å². The van der Waals surface area contributed by atoms with Crippen LogP contribution in [0.15, 0.2) is 72.8 Å². The third-order valence-corrected chi connectivity index (χ3v) is 4.10. The van der Waals surface area contributed by atoms with E-state index < -0.39 is 4.92 Å². The average Bonchev–Trinajstić information content (AvgIpc) is 2.68. The third-order valence-electron chi connectivity index (χ3n) is 3.85. The zero-order chi connectivity index (χ0) is 19.2. The number of hydrogen-bond acceptors (Lipinski definition) is 3. The van der Waals surface area contributed by atoms with E-state index in [0.717, 1.165) is 11.1 Å². The first-order chi connectivity index (χ1) is 13.0. The van der Waals surface area contributed by atoms with Gasteiger partial charge >= 0.3 is 0 Å². The van der Waals surface area contributed by atoms with Crippen LogP contribution in [0.5, 0.6) is 0 Å². The third kappa shape index (κ3) is 5.03. The normalized spacial score (nSPS) is 10.7. The molecule has 1 N–H and O–H groups in total. The van der Waals surface area contributed by atoms with Gasteiger partial charge in [0, 0.05) is 28.4 Å². The maximum absolute atomic E-state index is 12.2. The summed E-state index contributed by atoms with van der Waals surface area (Å²) in [5.41, 5.74) is 3.08. The van der Waals surface area contributed by atoms with Crippen molar-refractivity contribution in [3.8, 4) is 0 Å². The zero-order valence-corrected chi connectivity index (χ0v) is 14.9. The van der Waals surface area contributed by atoms with E-state index in [1.54, 1.807) is 36.4 Å². The Morgan fingerprint density at radius 2 is 1.37 bits per heavy atom. The molecule has 0 radical (unpaired) electrons. The maximum Gasteiger partial charge on any atom is 0.269 e. The van der Waals surface area contributed by atoms with Gasteiger partial charge in [-0.1, -0.05) is 35.9 Å². The number of non-ortho nitro benzene ring substituents is 1. The number of benzene rings is 3. The van der Waals surface area contributed by atoms with Crippen molar-refractivity contribution in [2.75, 3.05) is 5.32 Å². The molecule has 3 aromatic rings. The summed E-state index contributed by atoms with van der Waals surface area (Å²) in [6.07, 6.45) is 3.76. The molecule has 0 aromatic heterocycles. The van der Waals surface area contributed by atoms with Gasteiger partial charge in [-0.25, -0.2) is 0 Å². The van der Waals surface area contributed by atoms with Gasteiger partial charge in [0.05, 0.1) is 4.92 Å². The molecule has 0 bridgehead atoms. The van der Waals surface area contributed by atoms with Crippen LogP contribution in [-0.2, 0) is 0 Å². The fourth-order valence-corrected chi connectivity index (χ4v) is 2.51. The predicted molar refractivity (Wildman–Crippen MR) is 108 cm³/mol. The summed E-state index contributed by atoms with van der Waals surface area (Å²) in [5.74, 6) is -0.208. The van der Waals surface area contributed by atoms with Crippen LogP contribution in [0.2, 0.25) is 5.02 Å². The summed E-state index contributed by atoms with van der Waals surface area (Å²) in [5, 5.41) is 14.1. The molecule has 5 nitrogen and oxygen atoms in total. The molecule has 0 saturated heterocycles. The molecular weight excluding hydrogens is 364 g/mol. The molecule has 3 rings (SSSR count). The number of hydrogen-bond donors (Lipinski definition) is 1. The number of rotatable bonds is 5. The van der Waals surface area contributed by atoms with Crippen molar-refractivity contribution in [3.63, 3.8) is 0 Å². The van der Waals surface area contributed by atoms with E-state index in [9.17, 15) is 14.9 Å². The van der Waals surface area contributed by atoms with Gasteiger partial charge < -0.3 is 5.32 Å². The molecule has 1 amide bonds. The topological polar surface area (TPSA) is 72.2 Å². The summed E-state index contributed by atoms with van der Waals surface area (Å²) in [7, 11) is 0. The van der Waals surface area contributed by atoms with Crippen molar-refractivity contribution >= 4 is 41.0 Å². The minimum atomic E-state index is -0.426. The molecule has 0 atom stereocenters. The Hall–Kier alpha value is -3.44. The molecule has 134 valence electrons. The van der Waals surface area contributed by atoms with Gasteiger partial charge in [-0.2, -0.15) is 0 Å². The van der Waals surface area contributed by atoms with Gasteiger partial charge in [-0.05, 0) is 59.7 Å². The first-order valence-corrected chi connectivity index (χ1v) is 8.48. The van der Waals surface area contributed by atoms with Crippen LogP contribution in [0.4, 0.5) is 11.4 Å². The molecule has 0 fully saturated rings. The highest BCUT2D eigenvalue weighted by molar-refractivity contribution is 6.30. The van der Waals surface area contributed by atoms with Crippen LogP contribution < -0.4 is 5.32 Å². The van der Waals surface area contributed by atoms with Gasteiger partial charge in [0.1, 0.15) is 0 Å². The summed E-state index contributed by atoms with van der Waals surface area (Å²) in [4.78, 5) is 22.4. The Labute approximate surface area is 161 Å². The van der Waals surface area contributed by atoms with Crippen molar-refractivity contribution in [2.24, 2.45) is 0 Å². The Kier molecular flexibility index (Phi) is 5.64. The Balaban J connectivity index is 1.63. The highest BCUT2D eigenvalue weighted by Crippen LogP contribution is 2.17. The molecule has 0 aliphatic rings. The summed E-state index contributed by atoms with van der Waals surface area (Å²) in [6.45, 7) is 0. The Morgan fingerprint density at radius 3 is 1.89 bits per heavy atom. The smallest absolute Gasteiger partial charge is 0.269 e. The van der Waals surface area contributed by atoms with Crippen LogP contribution in [-0.4, -0.2) is 10.8 Å². The second kappa shape index (κ2) is 8.29. The molecule has 0 heterocycles. The standard InChI is InChI=1S/C21H15ClN2O3/c22-18-9-7-17(8-10-18)21(25)23-19-11-3-15(4-12-19)1-2-16-5-13-20(14-6-16)24(26)27/h1-14H,(H,23,25). The van der Waals surface area contributed by atoms with E-state index in [2.05, 4.69) is 5.32 Å². The van der Waals surface area contributed by atoms with Gasteiger partial charge in [0.15, 0.2) is 0 Å². The molecule has 0 aliphatic heterocycles. The minimum Gasteiger partial charge on any atom is -0.322 e. The van der Waals surface area contributed by atoms with Crippen LogP contribution in [0.3, 0.4) is 0 Å². The van der Waals surface area contributed by atoms with E-state index in [-0.39, 0.29) is 11.6 Å². The molecule has 27 heavy (non-hydrogen) atoms. The molecule has 0 aliphatic carbocycles. The fraction of sp³-hybridized carbons (Fsp3) is 0. The van der Waals surface area contributed by atoms with E-state index >= 15 is 0 Å². The summed E-state index contributed by atoms with van der Waals surface area (Å²) in [6, 6.07) is 20.4. The number of carbonyl (C=O) groups is 1. The first-order valence-electron chi connectivity index (χ1n) is 8.11. The largest absolute Gasteiger partial charge is 0.322 e. The molecular formula is C21H15ClN2O3. The van der Waals surface area contributed by atoms with Crippen LogP contribution in [0.25, 0.3) is 12.2 Å². The lowest BCUT2D eigenvalue weighted by Gasteiger charge is -2.06. The van der Waals surface area contributed by atoms with Crippen LogP contribution in [0.1, 0.15) is 21.5 Å². The number of nitro benzene ring substituents is 1. The van der Waals surface area contributed by atoms with E-state index in [1.165, 1.54) is 12.1 Å². The molecule has 6 heteroatoms. The molecule has 0 unspecified atom stereocenters. The van der Waals surface area contributed by atoms with E-state index in [1.807, 2.05) is 36.4 Å². The second-order valence-electron chi connectivity index (χ2n) is 5.77. The number of amides is 1. The molecule has 0 spiro atoms. The number of halogens is 1. The Morgan fingerprint density at radius 1 is 0.852 bits per heavy atom. The van der Waals surface area contributed by atoms with Crippen molar-refractivity contribution in [1.82, 2.24) is 0 Å². The number of nitro groups is 1. The van der Waals surface area contributed by atoms with Crippen molar-refractivity contribution < 1.29 is 9.72 Å². The molecule has 0 saturated carbocycles. The zero-order valence-electron chi connectivity index (χ0n) is 14.1. The number of carbonyl (C=O) groups excluding carboxylic acids is 1. The lowest BCUT2D eigenvalue weighted by Crippen LogP contribution is -2.11. The van der Waals surface area contributed by atoms with E-state index in [4.69, 9.17) is 11.6 Å². The predicted octanol–water partition coefficient (Wildman–Crippen LogP) is 5.67. The summed E-state index contributed by atoms with van der Waals surface area (Å²) >= 11 is 5.82. The van der Waals surface area contributed by atoms with Gasteiger partial charge in [-0.3, -0.25) is 14.9 Å². The first kappa shape index (κ1) is 18.4. The number of nitrogens with zero attached hydrogens (tertiary/aromatic N) is 1. The number of anilines is 1. The minimum absolute atomic E-state index is 0.0629. The average molecular weight is 379 g/mol. The lowest BCUT2D eigenvalue weighted by atomic mass is 10.1. The van der Waals surface area contributed by atoms with Crippen molar-refractivity contribution in [3.05, 3.63) is 105 Å². The second-order valence-corrected chi connectivity index (χ2v) is 6.20. The highest BCUT2D eigenvalue weighted by atomic mass is 35.5. The van der Waals surface area contributed by atoms with Crippen LogP contribution >= 0.6 is 11.6 Å². The van der Waals surface area contributed by atoms with Crippen molar-refractivity contribution in [1.29, 1.82) is 0 Å². The maximum atomic E-state index is 12.2. The number of nitrogens with one attached hydrogen (secondary N) is 1. The highest BCUT2D eigenvalue weighted by Gasteiger charge is 2.05. The van der Waals surface area contributed by atoms with E-state index in [0.29, 0.717) is 16.3 Å². The molecule has 3 aromatic carbocycles. The summed E-state index contributed by atoms with van der Waals surface area (Å²) < 4.78 is 0. The fourth-order valence-electron chi connectivity index (χ4n) is 2.38.